The fourth-order valence-electron chi connectivity index (χ4n) is 2.07. The van der Waals surface area contributed by atoms with Crippen molar-refractivity contribution >= 4 is 17.3 Å². The first-order valence-electron chi connectivity index (χ1n) is 6.38. The van der Waals surface area contributed by atoms with Crippen LogP contribution in [0.3, 0.4) is 0 Å². The minimum Gasteiger partial charge on any atom is -0.477 e. The molecule has 0 bridgehead atoms. The highest BCUT2D eigenvalue weighted by Gasteiger charge is 2.20. The summed E-state index contributed by atoms with van der Waals surface area (Å²) in [5.74, 6) is -0.966. The summed E-state index contributed by atoms with van der Waals surface area (Å²) < 4.78 is 0. The lowest BCUT2D eigenvalue weighted by Crippen LogP contribution is -1.95. The van der Waals surface area contributed by atoms with Crippen molar-refractivity contribution in [2.45, 2.75) is 6.92 Å². The van der Waals surface area contributed by atoms with Crippen molar-refractivity contribution < 1.29 is 9.90 Å². The van der Waals surface area contributed by atoms with Crippen LogP contribution in [0.15, 0.2) is 48.7 Å². The number of thiazole rings is 1. The van der Waals surface area contributed by atoms with Crippen molar-refractivity contribution in [2.24, 2.45) is 0 Å². The number of hydrogen-bond donors (Lipinski definition) is 1. The van der Waals surface area contributed by atoms with Crippen LogP contribution >= 0.6 is 11.3 Å². The lowest BCUT2D eigenvalue weighted by Gasteiger charge is -1.99. The first-order chi connectivity index (χ1) is 10.2. The molecule has 4 nitrogen and oxygen atoms in total. The number of aryl methyl sites for hydroxylation is 1. The van der Waals surface area contributed by atoms with E-state index in [2.05, 4.69) is 9.97 Å². The Morgan fingerprint density at radius 3 is 2.52 bits per heavy atom. The van der Waals surface area contributed by atoms with E-state index in [1.165, 1.54) is 0 Å². The van der Waals surface area contributed by atoms with E-state index in [0.717, 1.165) is 28.2 Å². The second-order valence-electron chi connectivity index (χ2n) is 4.54. The van der Waals surface area contributed by atoms with E-state index in [4.69, 9.17) is 0 Å². The van der Waals surface area contributed by atoms with Crippen molar-refractivity contribution in [3.8, 4) is 22.0 Å². The molecule has 0 saturated carbocycles. The molecule has 2 heterocycles. The number of pyridine rings is 1. The standard InChI is InChI=1S/C16H12N2O2S/c1-10-6-5-9-17-12(10)15-18-13(14(21-15)16(19)20)11-7-3-2-4-8-11/h2-9H,1H3,(H,19,20). The maximum atomic E-state index is 11.5. The number of hydrogen-bond acceptors (Lipinski definition) is 4. The smallest absolute Gasteiger partial charge is 0.348 e. The maximum absolute atomic E-state index is 11.5. The first kappa shape index (κ1) is 13.5. The second kappa shape index (κ2) is 5.46. The van der Waals surface area contributed by atoms with Crippen LogP contribution in [-0.2, 0) is 0 Å². The molecule has 0 unspecified atom stereocenters. The Labute approximate surface area is 125 Å². The Bertz CT molecular complexity index is 797. The quantitative estimate of drug-likeness (QED) is 0.796. The van der Waals surface area contributed by atoms with Gasteiger partial charge in [-0.1, -0.05) is 36.4 Å². The molecule has 0 aliphatic heterocycles. The van der Waals surface area contributed by atoms with Gasteiger partial charge in [0.15, 0.2) is 0 Å². The Hall–Kier alpha value is -2.53. The third kappa shape index (κ3) is 2.55. The summed E-state index contributed by atoms with van der Waals surface area (Å²) in [5, 5.41) is 10.0. The number of nitrogens with zero attached hydrogens (tertiary/aromatic N) is 2. The van der Waals surface area contributed by atoms with Crippen molar-refractivity contribution in [2.75, 3.05) is 0 Å². The fourth-order valence-corrected chi connectivity index (χ4v) is 3.06. The van der Waals surface area contributed by atoms with Gasteiger partial charge in [-0.3, -0.25) is 4.98 Å². The summed E-state index contributed by atoms with van der Waals surface area (Å²) in [5.41, 5.74) is 2.99. The predicted octanol–water partition coefficient (Wildman–Crippen LogP) is 3.88. The van der Waals surface area contributed by atoms with E-state index in [1.807, 2.05) is 49.4 Å². The largest absolute Gasteiger partial charge is 0.477 e. The highest BCUT2D eigenvalue weighted by molar-refractivity contribution is 7.17. The molecule has 2 aromatic heterocycles. The molecule has 3 rings (SSSR count). The van der Waals surface area contributed by atoms with E-state index >= 15 is 0 Å². The zero-order valence-electron chi connectivity index (χ0n) is 11.3. The topological polar surface area (TPSA) is 63.1 Å². The maximum Gasteiger partial charge on any atom is 0.348 e. The van der Waals surface area contributed by atoms with Gasteiger partial charge in [0.25, 0.3) is 0 Å². The Morgan fingerprint density at radius 2 is 1.86 bits per heavy atom. The van der Waals surface area contributed by atoms with Gasteiger partial charge in [0.05, 0.1) is 5.69 Å². The van der Waals surface area contributed by atoms with Gasteiger partial charge in [-0.05, 0) is 18.6 Å². The summed E-state index contributed by atoms with van der Waals surface area (Å²) in [6.45, 7) is 1.94. The zero-order valence-corrected chi connectivity index (χ0v) is 12.1. The summed E-state index contributed by atoms with van der Waals surface area (Å²) in [7, 11) is 0. The average Bonchev–Trinajstić information content (AvgIpc) is 2.94. The van der Waals surface area contributed by atoms with Gasteiger partial charge >= 0.3 is 5.97 Å². The van der Waals surface area contributed by atoms with Crippen LogP contribution < -0.4 is 0 Å². The zero-order chi connectivity index (χ0) is 14.8. The molecule has 3 aromatic rings. The average molecular weight is 296 g/mol. The SMILES string of the molecule is Cc1cccnc1-c1nc(-c2ccccc2)c(C(=O)O)s1. The molecule has 0 saturated heterocycles. The van der Waals surface area contributed by atoms with E-state index in [9.17, 15) is 9.90 Å². The highest BCUT2D eigenvalue weighted by Crippen LogP contribution is 2.34. The predicted molar refractivity (Wildman–Crippen MR) is 82.5 cm³/mol. The van der Waals surface area contributed by atoms with Crippen LogP contribution in [0.25, 0.3) is 22.0 Å². The molecular weight excluding hydrogens is 284 g/mol. The Balaban J connectivity index is 2.18. The third-order valence-corrected chi connectivity index (χ3v) is 4.13. The van der Waals surface area contributed by atoms with Gasteiger partial charge < -0.3 is 5.11 Å². The summed E-state index contributed by atoms with van der Waals surface area (Å²) in [6, 6.07) is 13.1. The number of rotatable bonds is 3. The molecule has 1 N–H and O–H groups in total. The van der Waals surface area contributed by atoms with Crippen molar-refractivity contribution in [1.29, 1.82) is 0 Å². The minimum atomic E-state index is -0.966. The molecule has 0 aliphatic carbocycles. The summed E-state index contributed by atoms with van der Waals surface area (Å²) >= 11 is 1.16. The minimum absolute atomic E-state index is 0.237. The van der Waals surface area contributed by atoms with Crippen molar-refractivity contribution in [1.82, 2.24) is 9.97 Å². The van der Waals surface area contributed by atoms with Crippen molar-refractivity contribution in [3.63, 3.8) is 0 Å². The molecule has 0 atom stereocenters. The normalized spacial score (nSPS) is 10.5. The monoisotopic (exact) mass is 296 g/mol. The molecule has 0 fully saturated rings. The van der Waals surface area contributed by atoms with Gasteiger partial charge in [0, 0.05) is 11.8 Å². The van der Waals surface area contributed by atoms with Crippen LogP contribution in [-0.4, -0.2) is 21.0 Å². The number of carbonyl (C=O) groups is 1. The van der Waals surface area contributed by atoms with Crippen LogP contribution in [0, 0.1) is 6.92 Å². The van der Waals surface area contributed by atoms with Gasteiger partial charge in [-0.15, -0.1) is 11.3 Å². The van der Waals surface area contributed by atoms with E-state index < -0.39 is 5.97 Å². The lowest BCUT2D eigenvalue weighted by molar-refractivity contribution is 0.0702. The first-order valence-corrected chi connectivity index (χ1v) is 7.20. The number of carboxylic acids is 1. The number of benzene rings is 1. The molecule has 1 aromatic carbocycles. The van der Waals surface area contributed by atoms with Gasteiger partial charge in [-0.25, -0.2) is 9.78 Å². The summed E-state index contributed by atoms with van der Waals surface area (Å²) in [6.07, 6.45) is 1.69. The van der Waals surface area contributed by atoms with Crippen molar-refractivity contribution in [3.05, 3.63) is 59.1 Å². The van der Waals surface area contributed by atoms with Gasteiger partial charge in [-0.2, -0.15) is 0 Å². The fraction of sp³-hybridized carbons (Fsp3) is 0.0625. The van der Waals surface area contributed by atoms with E-state index in [0.29, 0.717) is 10.7 Å². The summed E-state index contributed by atoms with van der Waals surface area (Å²) in [4.78, 5) is 20.5. The molecule has 0 aliphatic rings. The molecule has 0 radical (unpaired) electrons. The van der Waals surface area contributed by atoms with E-state index in [1.54, 1.807) is 6.20 Å². The molecule has 21 heavy (non-hydrogen) atoms. The van der Waals surface area contributed by atoms with Gasteiger partial charge in [0.2, 0.25) is 0 Å². The van der Waals surface area contributed by atoms with Gasteiger partial charge in [0.1, 0.15) is 15.6 Å². The molecule has 104 valence electrons. The lowest BCUT2D eigenvalue weighted by atomic mass is 10.1. The van der Waals surface area contributed by atoms with Crippen LogP contribution in [0.5, 0.6) is 0 Å². The number of carboxylic acid groups (broad SMARTS) is 1. The Kier molecular flexibility index (Phi) is 3.50. The highest BCUT2D eigenvalue weighted by atomic mass is 32.1. The van der Waals surface area contributed by atoms with E-state index in [-0.39, 0.29) is 4.88 Å². The number of aromatic nitrogens is 2. The molecular formula is C16H12N2O2S. The van der Waals surface area contributed by atoms with Crippen LogP contribution in [0.4, 0.5) is 0 Å². The molecule has 0 amide bonds. The van der Waals surface area contributed by atoms with Crippen LogP contribution in [0.1, 0.15) is 15.2 Å². The number of aromatic carboxylic acids is 1. The molecule has 5 heteroatoms. The second-order valence-corrected chi connectivity index (χ2v) is 5.54. The molecule has 0 spiro atoms. The Morgan fingerprint density at radius 1 is 1.10 bits per heavy atom. The van der Waals surface area contributed by atoms with Crippen LogP contribution in [0.2, 0.25) is 0 Å². The third-order valence-electron chi connectivity index (χ3n) is 3.08.